The highest BCUT2D eigenvalue weighted by molar-refractivity contribution is 6.31. The van der Waals surface area contributed by atoms with E-state index in [-0.39, 0.29) is 5.91 Å². The molecule has 2 aromatic rings. The molecule has 0 atom stereocenters. The first-order chi connectivity index (χ1) is 8.04. The second-order valence-electron chi connectivity index (χ2n) is 4.05. The molecule has 0 saturated carbocycles. The molecule has 0 bridgehead atoms. The molecule has 1 aromatic heterocycles. The van der Waals surface area contributed by atoms with Gasteiger partial charge in [-0.1, -0.05) is 11.6 Å². The molecule has 1 aromatic carbocycles. The maximum atomic E-state index is 11.2. The van der Waals surface area contributed by atoms with Crippen LogP contribution in [0.15, 0.2) is 18.2 Å². The number of hydrogen-bond acceptors (Lipinski definition) is 1. The molecule has 90 valence electrons. The maximum absolute atomic E-state index is 11.2. The molecule has 1 heterocycles. The molecule has 0 spiro atoms. The standard InChI is InChI=1S/C13H15ClN2O/c1-4-16-8(2)13(15-9(3)17)11-7-10(14)5-6-12(11)16/h5-7H,4H2,1-3H3,(H,15,17). The fraction of sp³-hybridized carbons (Fsp3) is 0.308. The van der Waals surface area contributed by atoms with E-state index in [0.717, 1.165) is 28.8 Å². The fourth-order valence-corrected chi connectivity index (χ4v) is 2.37. The molecular formula is C13H15ClN2O. The normalized spacial score (nSPS) is 10.8. The molecule has 0 aliphatic rings. The van der Waals surface area contributed by atoms with Crippen LogP contribution >= 0.6 is 11.6 Å². The van der Waals surface area contributed by atoms with Gasteiger partial charge in [0.15, 0.2) is 0 Å². The highest BCUT2D eigenvalue weighted by Gasteiger charge is 2.14. The van der Waals surface area contributed by atoms with E-state index in [4.69, 9.17) is 11.6 Å². The largest absolute Gasteiger partial charge is 0.343 e. The van der Waals surface area contributed by atoms with Crippen LogP contribution in [0.2, 0.25) is 5.02 Å². The van der Waals surface area contributed by atoms with Gasteiger partial charge in [0.25, 0.3) is 0 Å². The Hall–Kier alpha value is -1.48. The number of carbonyl (C=O) groups is 1. The SMILES string of the molecule is CCn1c(C)c(NC(C)=O)c2cc(Cl)ccc21. The lowest BCUT2D eigenvalue weighted by Crippen LogP contribution is -2.07. The van der Waals surface area contributed by atoms with Gasteiger partial charge in [0.05, 0.1) is 11.2 Å². The molecule has 0 fully saturated rings. The average Bonchev–Trinajstić information content (AvgIpc) is 2.51. The number of nitrogens with one attached hydrogen (secondary N) is 1. The maximum Gasteiger partial charge on any atom is 0.221 e. The van der Waals surface area contributed by atoms with Crippen molar-refractivity contribution in [2.24, 2.45) is 0 Å². The number of anilines is 1. The van der Waals surface area contributed by atoms with Crippen LogP contribution < -0.4 is 5.32 Å². The van der Waals surface area contributed by atoms with Crippen LogP contribution in [0.4, 0.5) is 5.69 Å². The zero-order valence-electron chi connectivity index (χ0n) is 10.2. The van der Waals surface area contributed by atoms with Crippen molar-refractivity contribution < 1.29 is 4.79 Å². The predicted octanol–water partition coefficient (Wildman–Crippen LogP) is 3.58. The summed E-state index contributed by atoms with van der Waals surface area (Å²) in [6.07, 6.45) is 0. The summed E-state index contributed by atoms with van der Waals surface area (Å²) < 4.78 is 2.16. The molecule has 0 unspecified atom stereocenters. The zero-order valence-corrected chi connectivity index (χ0v) is 10.9. The third-order valence-corrected chi connectivity index (χ3v) is 3.14. The van der Waals surface area contributed by atoms with Gasteiger partial charge in [-0.05, 0) is 32.0 Å². The molecule has 0 aliphatic carbocycles. The minimum Gasteiger partial charge on any atom is -0.343 e. The Bertz CT molecular complexity index is 587. The molecule has 4 heteroatoms. The van der Waals surface area contributed by atoms with Gasteiger partial charge >= 0.3 is 0 Å². The minimum atomic E-state index is -0.0665. The van der Waals surface area contributed by atoms with Crippen molar-refractivity contribution in [1.82, 2.24) is 4.57 Å². The summed E-state index contributed by atoms with van der Waals surface area (Å²) in [5, 5.41) is 4.55. The van der Waals surface area contributed by atoms with Gasteiger partial charge in [-0.25, -0.2) is 0 Å². The summed E-state index contributed by atoms with van der Waals surface area (Å²) >= 11 is 6.01. The first kappa shape index (κ1) is 12.0. The van der Waals surface area contributed by atoms with E-state index in [1.165, 1.54) is 6.92 Å². The fourth-order valence-electron chi connectivity index (χ4n) is 2.20. The number of nitrogens with zero attached hydrogens (tertiary/aromatic N) is 1. The van der Waals surface area contributed by atoms with E-state index in [9.17, 15) is 4.79 Å². The van der Waals surface area contributed by atoms with Crippen molar-refractivity contribution in [3.8, 4) is 0 Å². The summed E-state index contributed by atoms with van der Waals surface area (Å²) in [5.74, 6) is -0.0665. The Morgan fingerprint density at radius 3 is 2.76 bits per heavy atom. The second-order valence-corrected chi connectivity index (χ2v) is 4.48. The molecule has 0 radical (unpaired) electrons. The number of fused-ring (bicyclic) bond motifs is 1. The minimum absolute atomic E-state index is 0.0665. The van der Waals surface area contributed by atoms with Gasteiger partial charge in [-0.15, -0.1) is 0 Å². The lowest BCUT2D eigenvalue weighted by molar-refractivity contribution is -0.114. The van der Waals surface area contributed by atoms with Gasteiger partial charge in [0.2, 0.25) is 5.91 Å². The molecule has 0 saturated heterocycles. The number of aryl methyl sites for hydroxylation is 1. The number of halogens is 1. The van der Waals surface area contributed by atoms with E-state index in [2.05, 4.69) is 16.8 Å². The summed E-state index contributed by atoms with van der Waals surface area (Å²) in [7, 11) is 0. The monoisotopic (exact) mass is 250 g/mol. The van der Waals surface area contributed by atoms with Gasteiger partial charge in [0.1, 0.15) is 0 Å². The number of hydrogen-bond donors (Lipinski definition) is 1. The van der Waals surface area contributed by atoms with Crippen molar-refractivity contribution in [3.63, 3.8) is 0 Å². The Morgan fingerprint density at radius 2 is 2.18 bits per heavy atom. The first-order valence-electron chi connectivity index (χ1n) is 5.60. The van der Waals surface area contributed by atoms with E-state index < -0.39 is 0 Å². The number of carbonyl (C=O) groups excluding carboxylic acids is 1. The summed E-state index contributed by atoms with van der Waals surface area (Å²) in [5.41, 5.74) is 3.01. The molecule has 1 N–H and O–H groups in total. The van der Waals surface area contributed by atoms with Crippen LogP contribution in [-0.4, -0.2) is 10.5 Å². The van der Waals surface area contributed by atoms with Crippen LogP contribution in [0.25, 0.3) is 10.9 Å². The number of aromatic nitrogens is 1. The average molecular weight is 251 g/mol. The lowest BCUT2D eigenvalue weighted by Gasteiger charge is -2.04. The van der Waals surface area contributed by atoms with Crippen molar-refractivity contribution in [3.05, 3.63) is 28.9 Å². The second kappa shape index (κ2) is 4.41. The van der Waals surface area contributed by atoms with Crippen molar-refractivity contribution >= 4 is 34.1 Å². The Labute approximate surface area is 105 Å². The third-order valence-electron chi connectivity index (χ3n) is 2.90. The van der Waals surface area contributed by atoms with Crippen molar-refractivity contribution in [1.29, 1.82) is 0 Å². The van der Waals surface area contributed by atoms with Crippen LogP contribution in [0.5, 0.6) is 0 Å². The molecule has 1 amide bonds. The zero-order chi connectivity index (χ0) is 12.6. The number of benzene rings is 1. The summed E-state index contributed by atoms with van der Waals surface area (Å²) in [6.45, 7) is 6.46. The summed E-state index contributed by atoms with van der Waals surface area (Å²) in [4.78, 5) is 11.2. The number of rotatable bonds is 2. The quantitative estimate of drug-likeness (QED) is 0.869. The molecule has 3 nitrogen and oxygen atoms in total. The Morgan fingerprint density at radius 1 is 1.47 bits per heavy atom. The molecule has 17 heavy (non-hydrogen) atoms. The number of amides is 1. The molecule has 2 rings (SSSR count). The molecular weight excluding hydrogens is 236 g/mol. The lowest BCUT2D eigenvalue weighted by atomic mass is 10.2. The Balaban J connectivity index is 2.75. The van der Waals surface area contributed by atoms with Crippen LogP contribution in [-0.2, 0) is 11.3 Å². The predicted molar refractivity (Wildman–Crippen MR) is 71.7 cm³/mol. The topological polar surface area (TPSA) is 34.0 Å². The summed E-state index contributed by atoms with van der Waals surface area (Å²) in [6, 6.07) is 5.74. The van der Waals surface area contributed by atoms with E-state index >= 15 is 0 Å². The van der Waals surface area contributed by atoms with E-state index in [1.54, 1.807) is 0 Å². The highest BCUT2D eigenvalue weighted by atomic mass is 35.5. The highest BCUT2D eigenvalue weighted by Crippen LogP contribution is 2.32. The van der Waals surface area contributed by atoms with Crippen LogP contribution in [0.3, 0.4) is 0 Å². The molecule has 0 aliphatic heterocycles. The van der Waals surface area contributed by atoms with Crippen molar-refractivity contribution in [2.75, 3.05) is 5.32 Å². The van der Waals surface area contributed by atoms with E-state index in [0.29, 0.717) is 5.02 Å². The van der Waals surface area contributed by atoms with Crippen molar-refractivity contribution in [2.45, 2.75) is 27.3 Å². The van der Waals surface area contributed by atoms with Crippen LogP contribution in [0, 0.1) is 6.92 Å². The van der Waals surface area contributed by atoms with Gasteiger partial charge in [0, 0.05) is 29.6 Å². The Kier molecular flexibility index (Phi) is 3.11. The van der Waals surface area contributed by atoms with Crippen LogP contribution in [0.1, 0.15) is 19.5 Å². The van der Waals surface area contributed by atoms with Gasteiger partial charge < -0.3 is 9.88 Å². The van der Waals surface area contributed by atoms with Gasteiger partial charge in [-0.2, -0.15) is 0 Å². The third kappa shape index (κ3) is 2.03. The first-order valence-corrected chi connectivity index (χ1v) is 5.98. The van der Waals surface area contributed by atoms with E-state index in [1.807, 2.05) is 25.1 Å². The van der Waals surface area contributed by atoms with Gasteiger partial charge in [-0.3, -0.25) is 4.79 Å². The smallest absolute Gasteiger partial charge is 0.221 e.